The third-order valence-corrected chi connectivity index (χ3v) is 4.52. The highest BCUT2D eigenvalue weighted by Crippen LogP contribution is 2.33. The molecule has 2 aromatic carbocycles. The van der Waals surface area contributed by atoms with Crippen molar-refractivity contribution in [2.24, 2.45) is 0 Å². The monoisotopic (exact) mass is 384 g/mol. The second-order valence-electron chi connectivity index (χ2n) is 5.64. The first-order valence-electron chi connectivity index (χ1n) is 7.50. The molecule has 0 radical (unpaired) electrons. The van der Waals surface area contributed by atoms with Gasteiger partial charge in [-0.15, -0.1) is 0 Å². The van der Waals surface area contributed by atoms with E-state index in [1.165, 1.54) is 0 Å². The van der Waals surface area contributed by atoms with Gasteiger partial charge >= 0.3 is 0 Å². The van der Waals surface area contributed by atoms with Crippen molar-refractivity contribution in [3.8, 4) is 0 Å². The molecule has 0 saturated heterocycles. The predicted octanol–water partition coefficient (Wildman–Crippen LogP) is 2.81. The molecule has 0 aliphatic rings. The summed E-state index contributed by atoms with van der Waals surface area (Å²) in [5, 5.41) is 0. The van der Waals surface area contributed by atoms with Gasteiger partial charge in [0.2, 0.25) is 0 Å². The van der Waals surface area contributed by atoms with Crippen LogP contribution in [0.2, 0.25) is 0 Å². The lowest BCUT2D eigenvalue weighted by molar-refractivity contribution is 0.121. The molecule has 2 rings (SSSR count). The Morgan fingerprint density at radius 1 is 0.680 bits per heavy atom. The van der Waals surface area contributed by atoms with Crippen molar-refractivity contribution in [1.29, 1.82) is 0 Å². The van der Waals surface area contributed by atoms with Crippen LogP contribution in [0, 0.1) is 0 Å². The van der Waals surface area contributed by atoms with Gasteiger partial charge in [-0.1, -0.05) is 60.7 Å². The quantitative estimate of drug-likeness (QED) is 0.651. The Morgan fingerprint density at radius 2 is 1.00 bits per heavy atom. The number of hydrogen-bond donors (Lipinski definition) is 0. The van der Waals surface area contributed by atoms with E-state index in [1.807, 2.05) is 0 Å². The van der Waals surface area contributed by atoms with Gasteiger partial charge in [-0.25, -0.2) is 0 Å². The molecule has 0 spiro atoms. The van der Waals surface area contributed by atoms with Crippen LogP contribution in [0.4, 0.5) is 0 Å². The minimum absolute atomic E-state index is 0.0220. The molecule has 0 amide bonds. The molecular formula is C17H20O6S2. The van der Waals surface area contributed by atoms with E-state index in [0.29, 0.717) is 11.1 Å². The average Bonchev–Trinajstić information content (AvgIpc) is 2.53. The van der Waals surface area contributed by atoms with Crippen LogP contribution in [0.1, 0.15) is 29.8 Å². The molecule has 6 nitrogen and oxygen atoms in total. The molecule has 0 heterocycles. The van der Waals surface area contributed by atoms with Crippen molar-refractivity contribution < 1.29 is 25.2 Å². The molecule has 0 fully saturated rings. The standard InChI is InChI=1S/C17H20O6S2/c1-24(18,19)22-16(14-9-5-3-6-10-14)13-17(23-25(2,20)21)15-11-7-4-8-12-15/h3-12,16-17H,13H2,1-2H3/t16-,17-/m0/s1. The first kappa shape index (κ1) is 19.6. The molecular weight excluding hydrogens is 364 g/mol. The van der Waals surface area contributed by atoms with Crippen molar-refractivity contribution in [3.63, 3.8) is 0 Å². The van der Waals surface area contributed by atoms with Crippen LogP contribution in [0.15, 0.2) is 60.7 Å². The molecule has 0 aromatic heterocycles. The molecule has 136 valence electrons. The van der Waals surface area contributed by atoms with E-state index < -0.39 is 32.4 Å². The van der Waals surface area contributed by atoms with Crippen molar-refractivity contribution in [1.82, 2.24) is 0 Å². The summed E-state index contributed by atoms with van der Waals surface area (Å²) >= 11 is 0. The molecule has 8 heteroatoms. The van der Waals surface area contributed by atoms with Gasteiger partial charge in [0, 0.05) is 6.42 Å². The highest BCUT2D eigenvalue weighted by atomic mass is 32.2. The van der Waals surface area contributed by atoms with E-state index in [2.05, 4.69) is 0 Å². The van der Waals surface area contributed by atoms with Gasteiger partial charge in [0.15, 0.2) is 0 Å². The fraction of sp³-hybridized carbons (Fsp3) is 0.294. The Hall–Kier alpha value is -1.74. The maximum Gasteiger partial charge on any atom is 0.264 e. The zero-order valence-corrected chi connectivity index (χ0v) is 15.5. The van der Waals surface area contributed by atoms with Crippen molar-refractivity contribution in [2.75, 3.05) is 12.5 Å². The van der Waals surface area contributed by atoms with Crippen LogP contribution >= 0.6 is 0 Å². The SMILES string of the molecule is CS(=O)(=O)O[C@@H](C[C@H](OS(C)(=O)=O)c1ccccc1)c1ccccc1. The van der Waals surface area contributed by atoms with E-state index in [1.54, 1.807) is 60.7 Å². The lowest BCUT2D eigenvalue weighted by Gasteiger charge is -2.23. The van der Waals surface area contributed by atoms with E-state index in [0.717, 1.165) is 12.5 Å². The second kappa shape index (κ2) is 8.09. The lowest BCUT2D eigenvalue weighted by Crippen LogP contribution is -2.17. The largest absolute Gasteiger partial charge is 0.264 e. The van der Waals surface area contributed by atoms with Crippen LogP contribution in [-0.4, -0.2) is 29.3 Å². The van der Waals surface area contributed by atoms with Crippen molar-refractivity contribution in [3.05, 3.63) is 71.8 Å². The number of benzene rings is 2. The van der Waals surface area contributed by atoms with E-state index in [4.69, 9.17) is 8.37 Å². The summed E-state index contributed by atoms with van der Waals surface area (Å²) in [7, 11) is -7.50. The molecule has 0 bridgehead atoms. The summed E-state index contributed by atoms with van der Waals surface area (Å²) in [5.74, 6) is 0. The highest BCUT2D eigenvalue weighted by Gasteiger charge is 2.26. The van der Waals surface area contributed by atoms with Crippen molar-refractivity contribution in [2.45, 2.75) is 18.6 Å². The predicted molar refractivity (Wildman–Crippen MR) is 94.8 cm³/mol. The van der Waals surface area contributed by atoms with Gasteiger partial charge in [0.1, 0.15) is 12.2 Å². The van der Waals surface area contributed by atoms with E-state index in [-0.39, 0.29) is 6.42 Å². The van der Waals surface area contributed by atoms with Crippen LogP contribution in [-0.2, 0) is 28.6 Å². The van der Waals surface area contributed by atoms with Crippen LogP contribution in [0.3, 0.4) is 0 Å². The summed E-state index contributed by atoms with van der Waals surface area (Å²) in [6, 6.07) is 17.5. The van der Waals surface area contributed by atoms with Crippen LogP contribution < -0.4 is 0 Å². The molecule has 0 unspecified atom stereocenters. The molecule has 0 saturated carbocycles. The fourth-order valence-electron chi connectivity index (χ4n) is 2.41. The van der Waals surface area contributed by atoms with Crippen LogP contribution in [0.5, 0.6) is 0 Å². The normalized spacial score (nSPS) is 14.8. The Morgan fingerprint density at radius 3 is 1.28 bits per heavy atom. The zero-order chi connectivity index (χ0) is 18.5. The first-order valence-corrected chi connectivity index (χ1v) is 11.1. The Kier molecular flexibility index (Phi) is 6.34. The Balaban J connectivity index is 2.37. The third-order valence-electron chi connectivity index (χ3n) is 3.35. The smallest absolute Gasteiger partial charge is 0.262 e. The second-order valence-corrected chi connectivity index (χ2v) is 8.84. The third kappa shape index (κ3) is 6.95. The van der Waals surface area contributed by atoms with Gasteiger partial charge in [-0.05, 0) is 11.1 Å². The van der Waals surface area contributed by atoms with Gasteiger partial charge < -0.3 is 0 Å². The van der Waals surface area contributed by atoms with Crippen molar-refractivity contribution >= 4 is 20.2 Å². The summed E-state index contributed by atoms with van der Waals surface area (Å²) in [4.78, 5) is 0. The summed E-state index contributed by atoms with van der Waals surface area (Å²) in [6.07, 6.45) is 0.190. The average molecular weight is 384 g/mol. The Labute approximate surface area is 148 Å². The Bertz CT molecular complexity index is 802. The molecule has 2 aromatic rings. The zero-order valence-electron chi connectivity index (χ0n) is 13.9. The molecule has 0 N–H and O–H groups in total. The highest BCUT2D eigenvalue weighted by molar-refractivity contribution is 7.86. The van der Waals surface area contributed by atoms with Gasteiger partial charge in [-0.3, -0.25) is 8.37 Å². The summed E-state index contributed by atoms with van der Waals surface area (Å²) < 4.78 is 56.9. The van der Waals surface area contributed by atoms with Crippen LogP contribution in [0.25, 0.3) is 0 Å². The van der Waals surface area contributed by atoms with E-state index >= 15 is 0 Å². The summed E-state index contributed by atoms with van der Waals surface area (Å²) in [5.41, 5.74) is 1.23. The van der Waals surface area contributed by atoms with Gasteiger partial charge in [0.05, 0.1) is 12.5 Å². The molecule has 0 aliphatic heterocycles. The lowest BCUT2D eigenvalue weighted by atomic mass is 9.99. The number of hydrogen-bond acceptors (Lipinski definition) is 6. The molecule has 0 aliphatic carbocycles. The minimum Gasteiger partial charge on any atom is -0.262 e. The van der Waals surface area contributed by atoms with E-state index in [9.17, 15) is 16.8 Å². The maximum absolute atomic E-state index is 11.6. The van der Waals surface area contributed by atoms with Gasteiger partial charge in [-0.2, -0.15) is 16.8 Å². The maximum atomic E-state index is 11.6. The van der Waals surface area contributed by atoms with Gasteiger partial charge in [0.25, 0.3) is 20.2 Å². The minimum atomic E-state index is -3.75. The first-order chi connectivity index (χ1) is 11.6. The number of rotatable bonds is 8. The summed E-state index contributed by atoms with van der Waals surface area (Å²) in [6.45, 7) is 0. The fourth-order valence-corrected chi connectivity index (χ4v) is 3.64. The molecule has 25 heavy (non-hydrogen) atoms. The molecule has 2 atom stereocenters. The topological polar surface area (TPSA) is 86.7 Å².